The summed E-state index contributed by atoms with van der Waals surface area (Å²) in [5, 5.41) is 2.58. The zero-order valence-corrected chi connectivity index (χ0v) is 16.5. The van der Waals surface area contributed by atoms with Gasteiger partial charge in [-0.2, -0.15) is 4.31 Å². The van der Waals surface area contributed by atoms with Gasteiger partial charge in [-0.1, -0.05) is 13.8 Å². The molecule has 8 nitrogen and oxygen atoms in total. The monoisotopic (exact) mass is 398 g/mol. The Morgan fingerprint density at radius 1 is 1.19 bits per heavy atom. The van der Waals surface area contributed by atoms with Gasteiger partial charge in [0.1, 0.15) is 0 Å². The van der Waals surface area contributed by atoms with Crippen LogP contribution in [0.4, 0.5) is 5.69 Å². The maximum Gasteiger partial charge on any atom is 0.306 e. The van der Waals surface area contributed by atoms with Crippen molar-refractivity contribution in [3.63, 3.8) is 0 Å². The standard InChI is InChI=1S/C18H26N2O6S/c1-14(2)3-8-18(22)26-13-17(21)19-15-4-6-16(7-5-15)27(23,24)20-9-11-25-12-10-20/h4-7,14H,3,8-13H2,1-2H3,(H,19,21). The van der Waals surface area contributed by atoms with Gasteiger partial charge in [-0.25, -0.2) is 8.42 Å². The highest BCUT2D eigenvalue weighted by atomic mass is 32.2. The maximum atomic E-state index is 12.5. The van der Waals surface area contributed by atoms with Crippen molar-refractivity contribution in [1.29, 1.82) is 0 Å². The summed E-state index contributed by atoms with van der Waals surface area (Å²) in [5.41, 5.74) is 0.430. The van der Waals surface area contributed by atoms with Gasteiger partial charge in [0.05, 0.1) is 18.1 Å². The summed E-state index contributed by atoms with van der Waals surface area (Å²) in [5.74, 6) is -0.499. The van der Waals surface area contributed by atoms with E-state index in [0.29, 0.717) is 44.3 Å². The van der Waals surface area contributed by atoms with Crippen molar-refractivity contribution in [3.05, 3.63) is 24.3 Å². The molecule has 0 spiro atoms. The summed E-state index contributed by atoms with van der Waals surface area (Å²) in [6, 6.07) is 5.89. The van der Waals surface area contributed by atoms with Gasteiger partial charge in [0.15, 0.2) is 6.61 Å². The number of carbonyl (C=O) groups excluding carboxylic acids is 2. The summed E-state index contributed by atoms with van der Waals surface area (Å²) in [6.45, 7) is 5.04. The lowest BCUT2D eigenvalue weighted by Crippen LogP contribution is -2.40. The Hall–Kier alpha value is -1.97. The van der Waals surface area contributed by atoms with Gasteiger partial charge in [-0.3, -0.25) is 9.59 Å². The molecule has 1 aromatic carbocycles. The molecule has 1 fully saturated rings. The average Bonchev–Trinajstić information content (AvgIpc) is 2.66. The van der Waals surface area contributed by atoms with Crippen molar-refractivity contribution in [2.45, 2.75) is 31.6 Å². The number of hydrogen-bond acceptors (Lipinski definition) is 6. The molecule has 9 heteroatoms. The van der Waals surface area contributed by atoms with Gasteiger partial charge in [0, 0.05) is 25.2 Å². The number of anilines is 1. The van der Waals surface area contributed by atoms with E-state index < -0.39 is 21.9 Å². The van der Waals surface area contributed by atoms with Gasteiger partial charge in [0.2, 0.25) is 10.0 Å². The largest absolute Gasteiger partial charge is 0.456 e. The molecule has 0 saturated carbocycles. The molecule has 1 saturated heterocycles. The van der Waals surface area contributed by atoms with Crippen molar-refractivity contribution in [1.82, 2.24) is 4.31 Å². The van der Waals surface area contributed by atoms with Crippen molar-refractivity contribution < 1.29 is 27.5 Å². The Labute approximate surface area is 159 Å². The van der Waals surface area contributed by atoms with Crippen molar-refractivity contribution in [2.24, 2.45) is 5.92 Å². The van der Waals surface area contributed by atoms with E-state index in [-0.39, 0.29) is 17.9 Å². The summed E-state index contributed by atoms with van der Waals surface area (Å²) in [7, 11) is -3.57. The zero-order valence-electron chi connectivity index (χ0n) is 15.6. The Morgan fingerprint density at radius 3 is 2.41 bits per heavy atom. The van der Waals surface area contributed by atoms with Crippen molar-refractivity contribution in [3.8, 4) is 0 Å². The van der Waals surface area contributed by atoms with Crippen LogP contribution < -0.4 is 5.32 Å². The highest BCUT2D eigenvalue weighted by Crippen LogP contribution is 2.19. The van der Waals surface area contributed by atoms with Crippen molar-refractivity contribution in [2.75, 3.05) is 38.2 Å². The number of amides is 1. The molecule has 1 N–H and O–H groups in total. The molecule has 27 heavy (non-hydrogen) atoms. The number of nitrogens with one attached hydrogen (secondary N) is 1. The minimum Gasteiger partial charge on any atom is -0.456 e. The van der Waals surface area contributed by atoms with Crippen LogP contribution in [0.2, 0.25) is 0 Å². The molecule has 2 rings (SSSR count). The molecule has 1 heterocycles. The Bertz CT molecular complexity index is 740. The molecule has 0 bridgehead atoms. The lowest BCUT2D eigenvalue weighted by molar-refractivity contribution is -0.147. The number of benzene rings is 1. The molecule has 150 valence electrons. The van der Waals surface area contributed by atoms with Gasteiger partial charge in [-0.05, 0) is 36.6 Å². The van der Waals surface area contributed by atoms with Crippen LogP contribution in [-0.2, 0) is 29.1 Å². The second kappa shape index (κ2) is 9.82. The fourth-order valence-electron chi connectivity index (χ4n) is 2.47. The normalized spacial score (nSPS) is 15.5. The third-order valence-electron chi connectivity index (χ3n) is 4.04. The fraction of sp³-hybridized carbons (Fsp3) is 0.556. The highest BCUT2D eigenvalue weighted by Gasteiger charge is 2.26. The summed E-state index contributed by atoms with van der Waals surface area (Å²) in [4.78, 5) is 23.5. The predicted octanol–water partition coefficient (Wildman–Crippen LogP) is 1.63. The number of ether oxygens (including phenoxy) is 2. The highest BCUT2D eigenvalue weighted by molar-refractivity contribution is 7.89. The first-order valence-electron chi connectivity index (χ1n) is 8.92. The number of sulfonamides is 1. The first-order valence-corrected chi connectivity index (χ1v) is 10.4. The minimum atomic E-state index is -3.57. The number of esters is 1. The topological polar surface area (TPSA) is 102 Å². The number of nitrogens with zero attached hydrogens (tertiary/aromatic N) is 1. The molecule has 0 radical (unpaired) electrons. The van der Waals surface area contributed by atoms with Crippen LogP contribution in [-0.4, -0.2) is 57.5 Å². The van der Waals surface area contributed by atoms with Crippen LogP contribution in [0.3, 0.4) is 0 Å². The molecule has 0 unspecified atom stereocenters. The quantitative estimate of drug-likeness (QED) is 0.668. The Morgan fingerprint density at radius 2 is 1.81 bits per heavy atom. The Balaban J connectivity index is 1.86. The number of morpholine rings is 1. The first-order chi connectivity index (χ1) is 12.8. The molecule has 0 aliphatic carbocycles. The van der Waals surface area contributed by atoms with Crippen LogP contribution >= 0.6 is 0 Å². The number of carbonyl (C=O) groups is 2. The zero-order chi connectivity index (χ0) is 19.9. The van der Waals surface area contributed by atoms with Gasteiger partial charge in [0.25, 0.3) is 5.91 Å². The van der Waals surface area contributed by atoms with Gasteiger partial charge in [-0.15, -0.1) is 0 Å². The average molecular weight is 398 g/mol. The SMILES string of the molecule is CC(C)CCC(=O)OCC(=O)Nc1ccc(S(=O)(=O)N2CCOCC2)cc1. The molecule has 1 amide bonds. The maximum absolute atomic E-state index is 12.5. The Kier molecular flexibility index (Phi) is 7.76. The lowest BCUT2D eigenvalue weighted by Gasteiger charge is -2.26. The summed E-state index contributed by atoms with van der Waals surface area (Å²) >= 11 is 0. The van der Waals surface area contributed by atoms with E-state index in [0.717, 1.165) is 0 Å². The predicted molar refractivity (Wildman–Crippen MR) is 99.7 cm³/mol. The van der Waals surface area contributed by atoms with E-state index in [1.54, 1.807) is 0 Å². The van der Waals surface area contributed by atoms with Crippen LogP contribution in [0.25, 0.3) is 0 Å². The fourth-order valence-corrected chi connectivity index (χ4v) is 3.88. The van der Waals surface area contributed by atoms with Crippen LogP contribution in [0.1, 0.15) is 26.7 Å². The van der Waals surface area contributed by atoms with E-state index in [1.165, 1.54) is 28.6 Å². The summed E-state index contributed by atoms with van der Waals surface area (Å²) < 4.78 is 36.5. The second-order valence-corrected chi connectivity index (χ2v) is 8.62. The molecule has 1 aromatic rings. The number of rotatable bonds is 8. The second-order valence-electron chi connectivity index (χ2n) is 6.68. The summed E-state index contributed by atoms with van der Waals surface area (Å²) in [6.07, 6.45) is 0.985. The van der Waals surface area contributed by atoms with Gasteiger partial charge < -0.3 is 14.8 Å². The van der Waals surface area contributed by atoms with E-state index in [4.69, 9.17) is 9.47 Å². The molecule has 0 atom stereocenters. The van der Waals surface area contributed by atoms with Gasteiger partial charge >= 0.3 is 5.97 Å². The van der Waals surface area contributed by atoms with Crippen LogP contribution in [0.15, 0.2) is 29.2 Å². The molecular weight excluding hydrogens is 372 g/mol. The number of hydrogen-bond donors (Lipinski definition) is 1. The smallest absolute Gasteiger partial charge is 0.306 e. The molecule has 0 aromatic heterocycles. The molecule has 1 aliphatic rings. The lowest BCUT2D eigenvalue weighted by atomic mass is 10.1. The van der Waals surface area contributed by atoms with Crippen LogP contribution in [0.5, 0.6) is 0 Å². The molecular formula is C18H26N2O6S. The van der Waals surface area contributed by atoms with E-state index in [9.17, 15) is 18.0 Å². The van der Waals surface area contributed by atoms with Crippen molar-refractivity contribution >= 4 is 27.6 Å². The third-order valence-corrected chi connectivity index (χ3v) is 5.95. The van der Waals surface area contributed by atoms with E-state index in [2.05, 4.69) is 5.32 Å². The van der Waals surface area contributed by atoms with E-state index in [1.807, 2.05) is 13.8 Å². The molecule has 1 aliphatic heterocycles. The first kappa shape index (κ1) is 21.3. The minimum absolute atomic E-state index is 0.155. The van der Waals surface area contributed by atoms with E-state index >= 15 is 0 Å². The van der Waals surface area contributed by atoms with Crippen LogP contribution in [0, 0.1) is 5.92 Å². The third kappa shape index (κ3) is 6.60.